The largest absolute Gasteiger partial charge is 0.497 e. The molecule has 1 N–H and O–H groups in total. The van der Waals surface area contributed by atoms with Crippen molar-refractivity contribution in [2.75, 3.05) is 7.11 Å². The molecule has 0 radical (unpaired) electrons. The summed E-state index contributed by atoms with van der Waals surface area (Å²) >= 11 is 1.41. The number of nitrogens with one attached hydrogen (secondary N) is 1. The van der Waals surface area contributed by atoms with Gasteiger partial charge in [-0.2, -0.15) is 4.68 Å². The van der Waals surface area contributed by atoms with E-state index in [4.69, 9.17) is 9.15 Å². The van der Waals surface area contributed by atoms with E-state index >= 15 is 0 Å². The first-order chi connectivity index (χ1) is 13.0. The first-order valence-electron chi connectivity index (χ1n) is 8.53. The zero-order valence-electron chi connectivity index (χ0n) is 15.3. The lowest BCUT2D eigenvalue weighted by Gasteiger charge is -2.23. The predicted molar refractivity (Wildman–Crippen MR) is 103 cm³/mol. The second-order valence-corrected chi connectivity index (χ2v) is 7.32. The van der Waals surface area contributed by atoms with E-state index in [1.807, 2.05) is 49.6 Å². The molecule has 1 amide bonds. The van der Waals surface area contributed by atoms with Gasteiger partial charge in [0.2, 0.25) is 5.91 Å². The third-order valence-electron chi connectivity index (χ3n) is 4.09. The molecule has 0 aliphatic heterocycles. The highest BCUT2D eigenvalue weighted by atomic mass is 32.1. The van der Waals surface area contributed by atoms with E-state index in [0.717, 1.165) is 20.9 Å². The van der Waals surface area contributed by atoms with Crippen molar-refractivity contribution in [3.8, 4) is 16.5 Å². The highest BCUT2D eigenvalue weighted by molar-refractivity contribution is 7.13. The number of methoxy groups -OCH3 is 1. The lowest BCUT2D eigenvalue weighted by molar-refractivity contribution is -0.123. The molecule has 2 heterocycles. The van der Waals surface area contributed by atoms with Crippen LogP contribution in [0.15, 0.2) is 51.0 Å². The van der Waals surface area contributed by atoms with Crippen LogP contribution in [-0.2, 0) is 11.3 Å². The summed E-state index contributed by atoms with van der Waals surface area (Å²) in [5, 5.41) is 8.95. The van der Waals surface area contributed by atoms with Gasteiger partial charge in [-0.1, -0.05) is 32.0 Å². The van der Waals surface area contributed by atoms with E-state index in [1.165, 1.54) is 11.3 Å². The Morgan fingerprint density at radius 2 is 2.04 bits per heavy atom. The molecule has 0 bridgehead atoms. The van der Waals surface area contributed by atoms with Crippen molar-refractivity contribution in [1.82, 2.24) is 15.1 Å². The van der Waals surface area contributed by atoms with Crippen molar-refractivity contribution in [2.24, 2.45) is 5.92 Å². The molecular weight excluding hydrogens is 366 g/mol. The van der Waals surface area contributed by atoms with Crippen LogP contribution in [-0.4, -0.2) is 22.8 Å². The van der Waals surface area contributed by atoms with E-state index in [9.17, 15) is 9.59 Å². The quantitative estimate of drug-likeness (QED) is 0.673. The smallest absolute Gasteiger partial charge is 0.437 e. The van der Waals surface area contributed by atoms with Crippen LogP contribution in [0.5, 0.6) is 5.75 Å². The average Bonchev–Trinajstić information content (AvgIpc) is 3.30. The summed E-state index contributed by atoms with van der Waals surface area (Å²) in [6, 6.07) is 11.0. The number of amides is 1. The third-order valence-corrected chi connectivity index (χ3v) is 4.95. The predicted octanol–water partition coefficient (Wildman–Crippen LogP) is 3.09. The molecule has 3 rings (SSSR count). The van der Waals surface area contributed by atoms with Crippen LogP contribution in [0.25, 0.3) is 10.8 Å². The number of aromatic nitrogens is 2. The minimum Gasteiger partial charge on any atom is -0.497 e. The maximum absolute atomic E-state index is 12.5. The highest BCUT2D eigenvalue weighted by Gasteiger charge is 2.20. The molecule has 1 aromatic carbocycles. The molecule has 0 saturated carbocycles. The average molecular weight is 387 g/mol. The van der Waals surface area contributed by atoms with Crippen LogP contribution >= 0.6 is 11.3 Å². The Morgan fingerprint density at radius 1 is 1.30 bits per heavy atom. The van der Waals surface area contributed by atoms with Crippen molar-refractivity contribution in [1.29, 1.82) is 0 Å². The fraction of sp³-hybridized carbons (Fsp3) is 0.316. The number of hydrogen-bond donors (Lipinski definition) is 1. The summed E-state index contributed by atoms with van der Waals surface area (Å²) in [4.78, 5) is 25.2. The number of benzene rings is 1. The van der Waals surface area contributed by atoms with Crippen LogP contribution in [0.1, 0.15) is 25.5 Å². The van der Waals surface area contributed by atoms with Crippen LogP contribution in [0, 0.1) is 5.92 Å². The normalized spacial score (nSPS) is 12.1. The summed E-state index contributed by atoms with van der Waals surface area (Å²) in [5.74, 6) is 0.177. The summed E-state index contributed by atoms with van der Waals surface area (Å²) < 4.78 is 11.3. The van der Waals surface area contributed by atoms with Gasteiger partial charge in [-0.05, 0) is 35.1 Å². The Bertz CT molecular complexity index is 942. The summed E-state index contributed by atoms with van der Waals surface area (Å²) in [6.07, 6.45) is 0. The number of thiophene rings is 1. The van der Waals surface area contributed by atoms with Crippen molar-refractivity contribution >= 4 is 17.2 Å². The maximum atomic E-state index is 12.5. The van der Waals surface area contributed by atoms with Crippen LogP contribution < -0.4 is 15.8 Å². The maximum Gasteiger partial charge on any atom is 0.437 e. The number of carbonyl (C=O) groups is 1. The van der Waals surface area contributed by atoms with Gasteiger partial charge in [0.15, 0.2) is 0 Å². The molecule has 8 heteroatoms. The molecular formula is C19H21N3O4S. The number of carbonyl (C=O) groups excluding carboxylic acids is 1. The molecule has 0 aliphatic rings. The number of nitrogens with zero attached hydrogens (tertiary/aromatic N) is 2. The summed E-state index contributed by atoms with van der Waals surface area (Å²) in [7, 11) is 1.61. The van der Waals surface area contributed by atoms with E-state index in [1.54, 1.807) is 13.2 Å². The van der Waals surface area contributed by atoms with Gasteiger partial charge in [0.25, 0.3) is 5.89 Å². The van der Waals surface area contributed by atoms with Gasteiger partial charge in [-0.15, -0.1) is 16.4 Å². The van der Waals surface area contributed by atoms with E-state index in [-0.39, 0.29) is 30.3 Å². The van der Waals surface area contributed by atoms with Crippen LogP contribution in [0.2, 0.25) is 0 Å². The van der Waals surface area contributed by atoms with Gasteiger partial charge in [-0.3, -0.25) is 4.79 Å². The Kier molecular flexibility index (Phi) is 5.75. The molecule has 1 atom stereocenters. The highest BCUT2D eigenvalue weighted by Crippen LogP contribution is 2.24. The molecule has 27 heavy (non-hydrogen) atoms. The minimum atomic E-state index is -0.654. The molecule has 0 spiro atoms. The second kappa shape index (κ2) is 8.22. The lowest BCUT2D eigenvalue weighted by atomic mass is 9.96. The van der Waals surface area contributed by atoms with Gasteiger partial charge in [0.05, 0.1) is 18.0 Å². The topological polar surface area (TPSA) is 86.4 Å². The molecule has 142 valence electrons. The zero-order valence-corrected chi connectivity index (χ0v) is 16.2. The summed E-state index contributed by atoms with van der Waals surface area (Å²) in [6.45, 7) is 3.84. The molecule has 1 unspecified atom stereocenters. The fourth-order valence-corrected chi connectivity index (χ4v) is 3.35. The first-order valence-corrected chi connectivity index (χ1v) is 9.41. The van der Waals surface area contributed by atoms with Crippen LogP contribution in [0.4, 0.5) is 0 Å². The number of rotatable bonds is 7. The lowest BCUT2D eigenvalue weighted by Crippen LogP contribution is -2.36. The fourth-order valence-electron chi connectivity index (χ4n) is 2.71. The van der Waals surface area contributed by atoms with Crippen molar-refractivity contribution in [3.63, 3.8) is 0 Å². The van der Waals surface area contributed by atoms with E-state index in [2.05, 4.69) is 10.4 Å². The van der Waals surface area contributed by atoms with Crippen molar-refractivity contribution < 1.29 is 13.9 Å². The standard InChI is InChI=1S/C19H21N3O4S/c1-12(2)17(13-6-8-14(25-3)9-7-13)20-16(23)11-22-19(24)26-18(21-22)15-5-4-10-27-15/h4-10,12,17H,11H2,1-3H3,(H,20,23). The van der Waals surface area contributed by atoms with Crippen molar-refractivity contribution in [3.05, 3.63) is 57.9 Å². The van der Waals surface area contributed by atoms with Gasteiger partial charge >= 0.3 is 5.76 Å². The van der Waals surface area contributed by atoms with Gasteiger partial charge < -0.3 is 14.5 Å². The zero-order chi connectivity index (χ0) is 19.4. The third kappa shape index (κ3) is 4.46. The Labute approximate surface area is 160 Å². The summed E-state index contributed by atoms with van der Waals surface area (Å²) in [5.41, 5.74) is 0.964. The molecule has 2 aromatic heterocycles. The van der Waals surface area contributed by atoms with E-state index < -0.39 is 5.76 Å². The number of ether oxygens (including phenoxy) is 1. The first kappa shape index (κ1) is 18.9. The SMILES string of the molecule is COc1ccc(C(NC(=O)Cn2nc(-c3cccs3)oc2=O)C(C)C)cc1. The molecule has 0 fully saturated rings. The molecule has 7 nitrogen and oxygen atoms in total. The monoisotopic (exact) mass is 387 g/mol. The molecule has 0 saturated heterocycles. The number of hydrogen-bond acceptors (Lipinski definition) is 6. The Hall–Kier alpha value is -2.87. The van der Waals surface area contributed by atoms with Crippen molar-refractivity contribution in [2.45, 2.75) is 26.4 Å². The van der Waals surface area contributed by atoms with Gasteiger partial charge in [0.1, 0.15) is 12.3 Å². The molecule has 0 aliphatic carbocycles. The van der Waals surface area contributed by atoms with E-state index in [0.29, 0.717) is 0 Å². The van der Waals surface area contributed by atoms with Gasteiger partial charge in [-0.25, -0.2) is 4.79 Å². The second-order valence-electron chi connectivity index (χ2n) is 6.37. The van der Waals surface area contributed by atoms with Gasteiger partial charge in [0, 0.05) is 0 Å². The Balaban J connectivity index is 1.72. The minimum absolute atomic E-state index is 0.165. The molecule has 3 aromatic rings. The Morgan fingerprint density at radius 3 is 2.63 bits per heavy atom. The van der Waals surface area contributed by atoms with Crippen LogP contribution in [0.3, 0.4) is 0 Å².